The first-order chi connectivity index (χ1) is 24.7. The van der Waals surface area contributed by atoms with Crippen molar-refractivity contribution >= 4 is 34.9 Å². The van der Waals surface area contributed by atoms with E-state index in [4.69, 9.17) is 10.5 Å². The van der Waals surface area contributed by atoms with Crippen molar-refractivity contribution in [3.8, 4) is 28.4 Å². The summed E-state index contributed by atoms with van der Waals surface area (Å²) in [4.78, 5) is 44.6. The molecule has 0 unspecified atom stereocenters. The molecule has 264 valence electrons. The van der Waals surface area contributed by atoms with E-state index in [0.29, 0.717) is 73.7 Å². The highest BCUT2D eigenvalue weighted by Crippen LogP contribution is 2.46. The molecule has 2 saturated heterocycles. The van der Waals surface area contributed by atoms with Gasteiger partial charge in [0.2, 0.25) is 11.8 Å². The quantitative estimate of drug-likeness (QED) is 0.253. The summed E-state index contributed by atoms with van der Waals surface area (Å²) < 4.78 is 7.86. The topological polar surface area (TPSA) is 172 Å². The molecule has 3 fully saturated rings. The maximum Gasteiger partial charge on any atom is 0.252 e. The van der Waals surface area contributed by atoms with Gasteiger partial charge in [-0.05, 0) is 74.8 Å². The summed E-state index contributed by atoms with van der Waals surface area (Å²) in [5.41, 5.74) is 9.60. The molecule has 3 aliphatic heterocycles. The number of rotatable bonds is 6. The monoisotopic (exact) mass is 691 g/mol. The number of anilines is 3. The number of nitrogens with two attached hydrogens (primary N) is 1. The van der Waals surface area contributed by atoms with Crippen molar-refractivity contribution in [1.29, 1.82) is 0 Å². The molecule has 4 aromatic rings. The van der Waals surface area contributed by atoms with Gasteiger partial charge >= 0.3 is 0 Å². The van der Waals surface area contributed by atoms with E-state index in [-0.39, 0.29) is 29.3 Å². The largest absolute Gasteiger partial charge is 0.507 e. The highest BCUT2D eigenvalue weighted by molar-refractivity contribution is 6.04. The summed E-state index contributed by atoms with van der Waals surface area (Å²) >= 11 is 0. The van der Waals surface area contributed by atoms with E-state index in [0.717, 1.165) is 43.7 Å². The fourth-order valence-electron chi connectivity index (χ4n) is 8.17. The molecule has 14 nitrogen and oxygen atoms in total. The zero-order valence-electron chi connectivity index (χ0n) is 28.5. The summed E-state index contributed by atoms with van der Waals surface area (Å²) in [6.45, 7) is 4.61. The van der Waals surface area contributed by atoms with Crippen LogP contribution < -0.4 is 25.6 Å². The number of phenols is 1. The second-order valence-electron chi connectivity index (χ2n) is 14.0. The van der Waals surface area contributed by atoms with Gasteiger partial charge in [-0.15, -0.1) is 10.2 Å². The predicted molar refractivity (Wildman–Crippen MR) is 190 cm³/mol. The first-order valence-electron chi connectivity index (χ1n) is 17.6. The van der Waals surface area contributed by atoms with Crippen LogP contribution in [0.5, 0.6) is 11.5 Å². The molecular formula is C37H41N9O5. The summed E-state index contributed by atoms with van der Waals surface area (Å²) in [6.07, 6.45) is 8.11. The minimum absolute atomic E-state index is 0.0196. The van der Waals surface area contributed by atoms with Gasteiger partial charge in [-0.1, -0.05) is 24.3 Å². The Bertz CT molecular complexity index is 2010. The number of nitrogen functional groups attached to an aromatic ring is 1. The molecule has 4 N–H and O–H groups in total. The molecule has 0 spiro atoms. The minimum Gasteiger partial charge on any atom is -0.507 e. The van der Waals surface area contributed by atoms with E-state index >= 15 is 0 Å². The van der Waals surface area contributed by atoms with Crippen molar-refractivity contribution in [1.82, 2.24) is 30.2 Å². The minimum atomic E-state index is -0.809. The zero-order chi connectivity index (χ0) is 35.3. The second-order valence-corrected chi connectivity index (χ2v) is 14.0. The molecule has 1 aliphatic carbocycles. The van der Waals surface area contributed by atoms with Crippen LogP contribution in [-0.2, 0) is 14.4 Å². The standard InChI is InChI=1S/C37H41N9O5/c1-37(14-13-32(48)40-36(37)50)45-17-18-51-34-26(6-4-7-29(34)45)23-9-11-24(12-10-23)43-15-16-44(33(49)22-43)25-20-39-46(21-25)30-19-28(41-42-35(30)38)27-5-2-3-8-31(27)47/h2-8,19-21,23-24,47H,9-18,22H2,1H3,(H2,38,42)(H,40,48,50)/t23?,24?,37-/m1/s1. The van der Waals surface area contributed by atoms with Crippen molar-refractivity contribution in [3.63, 3.8) is 0 Å². The lowest BCUT2D eigenvalue weighted by molar-refractivity contribution is -0.137. The molecule has 4 aliphatic rings. The van der Waals surface area contributed by atoms with E-state index < -0.39 is 5.54 Å². The van der Waals surface area contributed by atoms with Gasteiger partial charge in [0.15, 0.2) is 5.82 Å². The van der Waals surface area contributed by atoms with Crippen LogP contribution >= 0.6 is 0 Å². The number of amides is 3. The van der Waals surface area contributed by atoms with E-state index in [1.165, 1.54) is 5.56 Å². The SMILES string of the molecule is C[C@@]1(N2CCOc3c(C4CCC(N5CCN(c6cnn(-c7cc(-c8ccccc8O)nnc7N)c6)C(=O)C5)CC4)cccc32)CCC(=O)NC1=O. The van der Waals surface area contributed by atoms with Gasteiger partial charge in [0, 0.05) is 31.1 Å². The van der Waals surface area contributed by atoms with Crippen LogP contribution in [0.25, 0.3) is 16.9 Å². The average Bonchev–Trinajstić information content (AvgIpc) is 3.63. The highest BCUT2D eigenvalue weighted by atomic mass is 16.5. The van der Waals surface area contributed by atoms with Gasteiger partial charge in [0.25, 0.3) is 5.91 Å². The van der Waals surface area contributed by atoms with Gasteiger partial charge in [-0.25, -0.2) is 4.68 Å². The molecular weight excluding hydrogens is 650 g/mol. The Balaban J connectivity index is 0.912. The summed E-state index contributed by atoms with van der Waals surface area (Å²) in [6, 6.07) is 15.1. The fourth-order valence-corrected chi connectivity index (χ4v) is 8.17. The van der Waals surface area contributed by atoms with Crippen LogP contribution in [0.4, 0.5) is 17.2 Å². The number of phenolic OH excluding ortho intramolecular Hbond substituents is 1. The molecule has 1 atom stereocenters. The van der Waals surface area contributed by atoms with Crippen LogP contribution in [0, 0.1) is 0 Å². The zero-order valence-corrected chi connectivity index (χ0v) is 28.5. The molecule has 2 aromatic heterocycles. The first kappa shape index (κ1) is 32.7. The normalized spacial score (nSPS) is 24.2. The molecule has 14 heteroatoms. The van der Waals surface area contributed by atoms with Gasteiger partial charge in [0.1, 0.15) is 29.3 Å². The van der Waals surface area contributed by atoms with E-state index in [1.54, 1.807) is 52.3 Å². The van der Waals surface area contributed by atoms with E-state index in [9.17, 15) is 19.5 Å². The maximum atomic E-state index is 13.5. The van der Waals surface area contributed by atoms with Crippen molar-refractivity contribution in [3.05, 3.63) is 66.5 Å². The van der Waals surface area contributed by atoms with Gasteiger partial charge in [-0.2, -0.15) is 5.10 Å². The van der Waals surface area contributed by atoms with Gasteiger partial charge < -0.3 is 25.4 Å². The number of carbonyl (C=O) groups is 3. The maximum absolute atomic E-state index is 13.5. The molecule has 5 heterocycles. The third-order valence-corrected chi connectivity index (χ3v) is 11.1. The molecule has 0 radical (unpaired) electrons. The second kappa shape index (κ2) is 13.0. The van der Waals surface area contributed by atoms with E-state index in [2.05, 4.69) is 36.5 Å². The average molecular weight is 692 g/mol. The molecule has 51 heavy (non-hydrogen) atoms. The number of nitrogens with one attached hydrogen (secondary N) is 1. The van der Waals surface area contributed by atoms with Crippen molar-refractivity contribution in [2.75, 3.05) is 48.3 Å². The molecule has 8 rings (SSSR count). The van der Waals surface area contributed by atoms with Crippen molar-refractivity contribution < 1.29 is 24.2 Å². The summed E-state index contributed by atoms with van der Waals surface area (Å²) in [7, 11) is 0. The number of nitrogens with zero attached hydrogens (tertiary/aromatic N) is 7. The van der Waals surface area contributed by atoms with Crippen LogP contribution in [0.1, 0.15) is 56.9 Å². The molecule has 2 aromatic carbocycles. The first-order valence-corrected chi connectivity index (χ1v) is 17.6. The Morgan fingerprint density at radius 2 is 1.80 bits per heavy atom. The number of aromatic hydroxyl groups is 1. The van der Waals surface area contributed by atoms with Crippen LogP contribution in [0.2, 0.25) is 0 Å². The number of aromatic nitrogens is 4. The van der Waals surface area contributed by atoms with Crippen LogP contribution in [0.3, 0.4) is 0 Å². The Kier molecular flexibility index (Phi) is 8.33. The predicted octanol–water partition coefficient (Wildman–Crippen LogP) is 3.39. The number of benzene rings is 2. The number of hydrogen-bond acceptors (Lipinski definition) is 11. The van der Waals surface area contributed by atoms with Crippen LogP contribution in [0.15, 0.2) is 60.9 Å². The summed E-state index contributed by atoms with van der Waals surface area (Å²) in [5.74, 6) is 0.972. The number of fused-ring (bicyclic) bond motifs is 1. The van der Waals surface area contributed by atoms with Gasteiger partial charge in [-0.3, -0.25) is 24.6 Å². The van der Waals surface area contributed by atoms with Crippen molar-refractivity contribution in [2.24, 2.45) is 0 Å². The number of ether oxygens (including phenoxy) is 1. The van der Waals surface area contributed by atoms with Crippen molar-refractivity contribution in [2.45, 2.75) is 62.9 Å². The smallest absolute Gasteiger partial charge is 0.252 e. The third-order valence-electron chi connectivity index (χ3n) is 11.1. The number of hydrogen-bond donors (Lipinski definition) is 3. The van der Waals surface area contributed by atoms with Crippen LogP contribution in [-0.4, -0.2) is 92.1 Å². The molecule has 1 saturated carbocycles. The number of para-hydroxylation sites is 2. The third kappa shape index (κ3) is 5.92. The lowest BCUT2D eigenvalue weighted by atomic mass is 9.80. The Hall–Kier alpha value is -5.50. The lowest BCUT2D eigenvalue weighted by Gasteiger charge is -2.46. The molecule has 0 bridgehead atoms. The van der Waals surface area contributed by atoms with Gasteiger partial charge in [0.05, 0.1) is 42.6 Å². The lowest BCUT2D eigenvalue weighted by Crippen LogP contribution is -2.63. The van der Waals surface area contributed by atoms with E-state index in [1.807, 2.05) is 19.1 Å². The Labute approximate surface area is 295 Å². The fraction of sp³-hybridized carbons (Fsp3) is 0.405. The highest BCUT2D eigenvalue weighted by Gasteiger charge is 2.46. The molecule has 3 amide bonds. The summed E-state index contributed by atoms with van der Waals surface area (Å²) in [5, 5.41) is 25.5. The Morgan fingerprint density at radius 3 is 2.59 bits per heavy atom. The number of carbonyl (C=O) groups excluding carboxylic acids is 3. The number of piperidine rings is 1. The Morgan fingerprint density at radius 1 is 0.980 bits per heavy atom. The number of imide groups is 1. The number of piperazine rings is 1.